The summed E-state index contributed by atoms with van der Waals surface area (Å²) < 4.78 is 23.3. The maximum atomic E-state index is 11.6. The van der Waals surface area contributed by atoms with Crippen LogP contribution >= 0.6 is 11.6 Å². The summed E-state index contributed by atoms with van der Waals surface area (Å²) in [6.07, 6.45) is 5.67. The minimum atomic E-state index is -3.19. The summed E-state index contributed by atoms with van der Waals surface area (Å²) in [5.41, 5.74) is 4.31. The minimum absolute atomic E-state index is 0.0557. The molecule has 2 aromatic rings. The van der Waals surface area contributed by atoms with E-state index in [1.54, 1.807) is 12.1 Å². The van der Waals surface area contributed by atoms with Gasteiger partial charge in [-0.15, -0.1) is 0 Å². The van der Waals surface area contributed by atoms with Crippen LogP contribution in [0.5, 0.6) is 0 Å². The molecule has 4 heteroatoms. The Bertz CT molecular complexity index is 932. The number of hydrogen-bond donors (Lipinski definition) is 0. The van der Waals surface area contributed by atoms with Crippen molar-refractivity contribution in [3.05, 3.63) is 76.8 Å². The van der Waals surface area contributed by atoms with Crippen molar-refractivity contribution >= 4 is 32.6 Å². The third kappa shape index (κ3) is 3.47. The average Bonchev–Trinajstić information content (AvgIpc) is 2.83. The Balaban J connectivity index is 2.05. The summed E-state index contributed by atoms with van der Waals surface area (Å²) >= 11 is 6.00. The molecule has 0 radical (unpaired) electrons. The summed E-state index contributed by atoms with van der Waals surface area (Å²) in [4.78, 5) is 0.334. The predicted octanol–water partition coefficient (Wildman–Crippen LogP) is 5.25. The zero-order chi connectivity index (χ0) is 17.5. The van der Waals surface area contributed by atoms with Crippen LogP contribution in [0.4, 0.5) is 0 Å². The maximum absolute atomic E-state index is 11.6. The molecule has 2 aromatic carbocycles. The first-order chi connectivity index (χ1) is 11.2. The highest BCUT2D eigenvalue weighted by Crippen LogP contribution is 2.43. The van der Waals surface area contributed by atoms with Crippen LogP contribution in [0.2, 0.25) is 5.02 Å². The Hall–Kier alpha value is -1.84. The van der Waals surface area contributed by atoms with E-state index in [0.29, 0.717) is 9.92 Å². The lowest BCUT2D eigenvalue weighted by Gasteiger charge is -2.10. The molecule has 1 aliphatic rings. The van der Waals surface area contributed by atoms with E-state index in [9.17, 15) is 8.42 Å². The van der Waals surface area contributed by atoms with Crippen molar-refractivity contribution in [2.24, 2.45) is 5.41 Å². The molecule has 0 heterocycles. The molecule has 0 spiro atoms. The number of sulfone groups is 1. The van der Waals surface area contributed by atoms with Gasteiger partial charge in [-0.1, -0.05) is 61.9 Å². The van der Waals surface area contributed by atoms with Crippen LogP contribution in [0, 0.1) is 5.41 Å². The number of benzene rings is 2. The van der Waals surface area contributed by atoms with Gasteiger partial charge >= 0.3 is 0 Å². The van der Waals surface area contributed by atoms with Gasteiger partial charge in [-0.3, -0.25) is 0 Å². The molecule has 0 saturated heterocycles. The van der Waals surface area contributed by atoms with Gasteiger partial charge in [-0.2, -0.15) is 0 Å². The molecule has 0 fully saturated rings. The fraction of sp³-hybridized carbons (Fsp3) is 0.200. The van der Waals surface area contributed by atoms with Crippen LogP contribution in [0.25, 0.3) is 11.1 Å². The second-order valence-electron chi connectivity index (χ2n) is 6.74. The highest BCUT2D eigenvalue weighted by atomic mass is 35.5. The van der Waals surface area contributed by atoms with Crippen molar-refractivity contribution in [1.29, 1.82) is 0 Å². The molecular weight excluding hydrogens is 340 g/mol. The molecule has 24 heavy (non-hydrogen) atoms. The summed E-state index contributed by atoms with van der Waals surface area (Å²) in [6, 6.07) is 14.8. The van der Waals surface area contributed by atoms with E-state index in [4.69, 9.17) is 11.6 Å². The Kier molecular flexibility index (Phi) is 4.18. The third-order valence-electron chi connectivity index (χ3n) is 4.07. The number of rotatable bonds is 3. The minimum Gasteiger partial charge on any atom is -0.224 e. The monoisotopic (exact) mass is 358 g/mol. The van der Waals surface area contributed by atoms with Crippen molar-refractivity contribution in [3.63, 3.8) is 0 Å². The summed E-state index contributed by atoms with van der Waals surface area (Å²) in [5.74, 6) is 0. The van der Waals surface area contributed by atoms with Gasteiger partial charge in [0.1, 0.15) is 0 Å². The van der Waals surface area contributed by atoms with E-state index in [-0.39, 0.29) is 5.41 Å². The summed E-state index contributed by atoms with van der Waals surface area (Å²) in [5, 5.41) is 0.708. The Morgan fingerprint density at radius 1 is 0.792 bits per heavy atom. The molecular formula is C20H19ClO2S. The SMILES string of the molecule is CC1(C)C=C(c2ccc(Cl)cc2)C(c2ccc(S(C)(=O)=O)cc2)=C1. The second-order valence-corrected chi connectivity index (χ2v) is 9.19. The van der Waals surface area contributed by atoms with Gasteiger partial charge in [-0.25, -0.2) is 8.42 Å². The molecule has 0 unspecified atom stereocenters. The predicted molar refractivity (Wildman–Crippen MR) is 101 cm³/mol. The van der Waals surface area contributed by atoms with Gasteiger partial charge in [0.25, 0.3) is 0 Å². The van der Waals surface area contributed by atoms with Crippen LogP contribution in [-0.2, 0) is 9.84 Å². The molecule has 0 aromatic heterocycles. The van der Waals surface area contributed by atoms with Crippen molar-refractivity contribution in [2.45, 2.75) is 18.7 Å². The van der Waals surface area contributed by atoms with Crippen molar-refractivity contribution < 1.29 is 8.42 Å². The van der Waals surface area contributed by atoms with Crippen molar-refractivity contribution in [2.75, 3.05) is 6.26 Å². The lowest BCUT2D eigenvalue weighted by atomic mass is 9.95. The molecule has 3 rings (SSSR count). The van der Waals surface area contributed by atoms with E-state index in [1.165, 1.54) is 6.26 Å². The van der Waals surface area contributed by atoms with Crippen molar-refractivity contribution in [3.8, 4) is 0 Å². The average molecular weight is 359 g/mol. The van der Waals surface area contributed by atoms with E-state index in [0.717, 1.165) is 22.3 Å². The normalized spacial score (nSPS) is 16.7. The van der Waals surface area contributed by atoms with Gasteiger partial charge in [0.15, 0.2) is 9.84 Å². The molecule has 2 nitrogen and oxygen atoms in total. The van der Waals surface area contributed by atoms with Crippen LogP contribution < -0.4 is 0 Å². The maximum Gasteiger partial charge on any atom is 0.175 e. The van der Waals surface area contributed by atoms with Crippen LogP contribution in [0.15, 0.2) is 65.6 Å². The van der Waals surface area contributed by atoms with Gasteiger partial charge < -0.3 is 0 Å². The summed E-state index contributed by atoms with van der Waals surface area (Å²) in [6.45, 7) is 4.31. The third-order valence-corrected chi connectivity index (χ3v) is 5.45. The molecule has 0 atom stereocenters. The van der Waals surface area contributed by atoms with E-state index < -0.39 is 9.84 Å². The zero-order valence-electron chi connectivity index (χ0n) is 13.9. The zero-order valence-corrected chi connectivity index (χ0v) is 15.4. The highest BCUT2D eigenvalue weighted by Gasteiger charge is 2.25. The smallest absolute Gasteiger partial charge is 0.175 e. The molecule has 0 saturated carbocycles. The Morgan fingerprint density at radius 2 is 1.21 bits per heavy atom. The fourth-order valence-corrected chi connectivity index (χ4v) is 3.69. The molecule has 1 aliphatic carbocycles. The van der Waals surface area contributed by atoms with E-state index >= 15 is 0 Å². The topological polar surface area (TPSA) is 34.1 Å². The van der Waals surface area contributed by atoms with Crippen LogP contribution in [-0.4, -0.2) is 14.7 Å². The highest BCUT2D eigenvalue weighted by molar-refractivity contribution is 7.90. The van der Waals surface area contributed by atoms with E-state index in [1.807, 2.05) is 36.4 Å². The number of halogens is 1. The van der Waals surface area contributed by atoms with Gasteiger partial charge in [0.05, 0.1) is 4.90 Å². The van der Waals surface area contributed by atoms with Gasteiger partial charge in [0.2, 0.25) is 0 Å². The molecule has 0 aliphatic heterocycles. The largest absolute Gasteiger partial charge is 0.224 e. The second kappa shape index (κ2) is 5.91. The molecule has 0 N–H and O–H groups in total. The van der Waals surface area contributed by atoms with Crippen LogP contribution in [0.3, 0.4) is 0 Å². The van der Waals surface area contributed by atoms with E-state index in [2.05, 4.69) is 26.0 Å². The first-order valence-electron chi connectivity index (χ1n) is 7.68. The summed E-state index contributed by atoms with van der Waals surface area (Å²) in [7, 11) is -3.19. The van der Waals surface area contributed by atoms with Crippen molar-refractivity contribution in [1.82, 2.24) is 0 Å². The Labute approximate surface area is 148 Å². The standard InChI is InChI=1S/C20H19ClO2S/c1-20(2)12-18(14-4-8-16(21)9-5-14)19(13-20)15-6-10-17(11-7-15)24(3,22)23/h4-13H,1-3H3. The fourth-order valence-electron chi connectivity index (χ4n) is 2.93. The van der Waals surface area contributed by atoms with Gasteiger partial charge in [0, 0.05) is 16.7 Å². The first-order valence-corrected chi connectivity index (χ1v) is 9.95. The molecule has 124 valence electrons. The molecule has 0 amide bonds. The number of hydrogen-bond acceptors (Lipinski definition) is 2. The first kappa shape index (κ1) is 17.0. The quantitative estimate of drug-likeness (QED) is 0.750. The molecule has 0 bridgehead atoms. The number of allylic oxidation sites excluding steroid dienone is 4. The van der Waals surface area contributed by atoms with Crippen LogP contribution in [0.1, 0.15) is 25.0 Å². The van der Waals surface area contributed by atoms with Gasteiger partial charge in [-0.05, 0) is 46.5 Å². The lowest BCUT2D eigenvalue weighted by molar-refractivity contribution is 0.602. The lowest BCUT2D eigenvalue weighted by Crippen LogP contribution is -1.98. The Morgan fingerprint density at radius 3 is 1.62 bits per heavy atom.